The maximum atomic E-state index is 12.7. The minimum Gasteiger partial charge on any atom is -0.457 e. The summed E-state index contributed by atoms with van der Waals surface area (Å²) in [4.78, 5) is 24.8. The fourth-order valence-corrected chi connectivity index (χ4v) is 2.76. The molecule has 5 heteroatoms. The van der Waals surface area contributed by atoms with E-state index < -0.39 is 0 Å². The summed E-state index contributed by atoms with van der Waals surface area (Å²) >= 11 is 0. The summed E-state index contributed by atoms with van der Waals surface area (Å²) in [5.74, 6) is 0.782. The van der Waals surface area contributed by atoms with Crippen molar-refractivity contribution in [2.45, 2.75) is 18.9 Å². The van der Waals surface area contributed by atoms with Gasteiger partial charge >= 0.3 is 0 Å². The number of ether oxygens (including phenoxy) is 1. The van der Waals surface area contributed by atoms with E-state index in [1.54, 1.807) is 42.5 Å². The van der Waals surface area contributed by atoms with Crippen LogP contribution in [0.25, 0.3) is 0 Å². The zero-order chi connectivity index (χ0) is 19.3. The normalized spacial score (nSPS) is 12.9. The van der Waals surface area contributed by atoms with Crippen LogP contribution in [0.2, 0.25) is 0 Å². The molecule has 0 spiro atoms. The maximum absolute atomic E-state index is 12.7. The number of carbonyl (C=O) groups excluding carboxylic acids is 2. The summed E-state index contributed by atoms with van der Waals surface area (Å²) in [5.41, 5.74) is 1.63. The predicted molar refractivity (Wildman–Crippen MR) is 108 cm³/mol. The third-order valence-electron chi connectivity index (χ3n) is 4.42. The molecule has 0 aromatic heterocycles. The van der Waals surface area contributed by atoms with Crippen LogP contribution >= 0.6 is 0 Å². The molecule has 0 atom stereocenters. The minimum absolute atomic E-state index is 0.0815. The Morgan fingerprint density at radius 3 is 2.18 bits per heavy atom. The molecule has 3 aromatic carbocycles. The highest BCUT2D eigenvalue weighted by atomic mass is 16.5. The summed E-state index contributed by atoms with van der Waals surface area (Å²) in [7, 11) is 0. The number of hydrogen-bond acceptors (Lipinski definition) is 3. The van der Waals surface area contributed by atoms with Gasteiger partial charge in [-0.25, -0.2) is 0 Å². The molecule has 1 aliphatic rings. The lowest BCUT2D eigenvalue weighted by molar-refractivity contribution is 0.0950. The van der Waals surface area contributed by atoms with E-state index in [1.165, 1.54) is 0 Å². The predicted octanol–water partition coefficient (Wildman–Crippen LogP) is 4.62. The number of carbonyl (C=O) groups is 2. The van der Waals surface area contributed by atoms with Gasteiger partial charge in [-0.1, -0.05) is 30.3 Å². The lowest BCUT2D eigenvalue weighted by atomic mass is 10.1. The molecule has 0 saturated heterocycles. The van der Waals surface area contributed by atoms with Crippen molar-refractivity contribution in [2.24, 2.45) is 0 Å². The molecule has 2 N–H and O–H groups in total. The van der Waals surface area contributed by atoms with Crippen molar-refractivity contribution in [2.75, 3.05) is 5.32 Å². The second kappa shape index (κ2) is 7.96. The number of rotatable bonds is 6. The van der Waals surface area contributed by atoms with Crippen molar-refractivity contribution in [3.8, 4) is 11.5 Å². The molecular weight excluding hydrogens is 352 g/mol. The summed E-state index contributed by atoms with van der Waals surface area (Å²) in [6.45, 7) is 0. The number of nitrogens with one attached hydrogen (secondary N) is 2. The summed E-state index contributed by atoms with van der Waals surface area (Å²) in [5, 5.41) is 5.80. The van der Waals surface area contributed by atoms with Gasteiger partial charge in [0.05, 0.1) is 5.56 Å². The van der Waals surface area contributed by atoms with Gasteiger partial charge in [0.2, 0.25) is 0 Å². The van der Waals surface area contributed by atoms with Gasteiger partial charge in [-0.2, -0.15) is 0 Å². The Labute approximate surface area is 163 Å². The van der Waals surface area contributed by atoms with Gasteiger partial charge in [-0.05, 0) is 61.4 Å². The van der Waals surface area contributed by atoms with Crippen molar-refractivity contribution >= 4 is 17.5 Å². The Hall–Kier alpha value is -3.60. The van der Waals surface area contributed by atoms with E-state index in [0.29, 0.717) is 34.4 Å². The second-order valence-electron chi connectivity index (χ2n) is 6.69. The van der Waals surface area contributed by atoms with Gasteiger partial charge in [-0.3, -0.25) is 9.59 Å². The van der Waals surface area contributed by atoms with E-state index in [2.05, 4.69) is 10.6 Å². The largest absolute Gasteiger partial charge is 0.457 e. The van der Waals surface area contributed by atoms with E-state index >= 15 is 0 Å². The van der Waals surface area contributed by atoms with Crippen molar-refractivity contribution in [1.82, 2.24) is 5.32 Å². The third-order valence-corrected chi connectivity index (χ3v) is 4.42. The lowest BCUT2D eigenvalue weighted by Gasteiger charge is -2.12. The molecule has 1 aliphatic carbocycles. The molecule has 0 unspecified atom stereocenters. The highest BCUT2D eigenvalue weighted by Gasteiger charge is 2.23. The molecule has 140 valence electrons. The fourth-order valence-electron chi connectivity index (χ4n) is 2.76. The van der Waals surface area contributed by atoms with Crippen molar-refractivity contribution in [1.29, 1.82) is 0 Å². The van der Waals surface area contributed by atoms with Gasteiger partial charge in [-0.15, -0.1) is 0 Å². The van der Waals surface area contributed by atoms with Crippen LogP contribution in [0.15, 0.2) is 78.9 Å². The monoisotopic (exact) mass is 372 g/mol. The standard InChI is InChI=1S/C23H20N2O3/c26-22(24-18-14-15-18)16-10-12-17(13-11-16)25-23(27)20-8-4-5-9-21(20)28-19-6-2-1-3-7-19/h1-13,18H,14-15H2,(H,24,26)(H,25,27). The highest BCUT2D eigenvalue weighted by molar-refractivity contribution is 6.06. The molecule has 0 aliphatic heterocycles. The van der Waals surface area contributed by atoms with Crippen molar-refractivity contribution in [3.63, 3.8) is 0 Å². The fraction of sp³-hybridized carbons (Fsp3) is 0.130. The Balaban J connectivity index is 1.45. The van der Waals surface area contributed by atoms with Crippen LogP contribution < -0.4 is 15.4 Å². The minimum atomic E-state index is -0.276. The van der Waals surface area contributed by atoms with Crippen LogP contribution in [0.5, 0.6) is 11.5 Å². The van der Waals surface area contributed by atoms with Crippen LogP contribution in [0.3, 0.4) is 0 Å². The molecule has 1 saturated carbocycles. The third kappa shape index (κ3) is 4.38. The molecule has 28 heavy (non-hydrogen) atoms. The molecular formula is C23H20N2O3. The zero-order valence-corrected chi connectivity index (χ0v) is 15.2. The average Bonchev–Trinajstić information content (AvgIpc) is 3.53. The number of benzene rings is 3. The quantitative estimate of drug-likeness (QED) is 0.663. The lowest BCUT2D eigenvalue weighted by Crippen LogP contribution is -2.25. The number of para-hydroxylation sites is 2. The first kappa shape index (κ1) is 17.8. The van der Waals surface area contributed by atoms with Crippen LogP contribution in [0, 0.1) is 0 Å². The van der Waals surface area contributed by atoms with E-state index in [4.69, 9.17) is 4.74 Å². The number of anilines is 1. The van der Waals surface area contributed by atoms with Crippen LogP contribution in [0.4, 0.5) is 5.69 Å². The molecule has 0 bridgehead atoms. The SMILES string of the molecule is O=C(NC1CC1)c1ccc(NC(=O)c2ccccc2Oc2ccccc2)cc1. The van der Waals surface area contributed by atoms with Gasteiger partial charge < -0.3 is 15.4 Å². The Bertz CT molecular complexity index is 980. The van der Waals surface area contributed by atoms with Gasteiger partial charge in [0.15, 0.2) is 0 Å². The highest BCUT2D eigenvalue weighted by Crippen LogP contribution is 2.26. The second-order valence-corrected chi connectivity index (χ2v) is 6.69. The van der Waals surface area contributed by atoms with Crippen molar-refractivity contribution in [3.05, 3.63) is 90.0 Å². The summed E-state index contributed by atoms with van der Waals surface area (Å²) in [6, 6.07) is 23.6. The van der Waals surface area contributed by atoms with E-state index in [0.717, 1.165) is 12.8 Å². The number of amides is 2. The van der Waals surface area contributed by atoms with Gasteiger partial charge in [0.25, 0.3) is 11.8 Å². The van der Waals surface area contributed by atoms with Crippen molar-refractivity contribution < 1.29 is 14.3 Å². The van der Waals surface area contributed by atoms with Crippen LogP contribution in [0.1, 0.15) is 33.6 Å². The Kier molecular flexibility index (Phi) is 5.06. The summed E-state index contributed by atoms with van der Waals surface area (Å²) in [6.07, 6.45) is 2.09. The Morgan fingerprint density at radius 1 is 0.786 bits per heavy atom. The van der Waals surface area contributed by atoms with E-state index in [-0.39, 0.29) is 11.8 Å². The smallest absolute Gasteiger partial charge is 0.259 e. The molecule has 3 aromatic rings. The molecule has 5 nitrogen and oxygen atoms in total. The first-order valence-corrected chi connectivity index (χ1v) is 9.23. The molecule has 0 radical (unpaired) electrons. The molecule has 4 rings (SSSR count). The van der Waals surface area contributed by atoms with Gasteiger partial charge in [0.1, 0.15) is 11.5 Å². The van der Waals surface area contributed by atoms with Crippen LogP contribution in [-0.2, 0) is 0 Å². The molecule has 2 amide bonds. The van der Waals surface area contributed by atoms with Crippen LogP contribution in [-0.4, -0.2) is 17.9 Å². The van der Waals surface area contributed by atoms with E-state index in [9.17, 15) is 9.59 Å². The molecule has 0 heterocycles. The molecule has 1 fully saturated rings. The first-order chi connectivity index (χ1) is 13.7. The average molecular weight is 372 g/mol. The zero-order valence-electron chi connectivity index (χ0n) is 15.2. The summed E-state index contributed by atoms with van der Waals surface area (Å²) < 4.78 is 5.85. The number of hydrogen-bond donors (Lipinski definition) is 2. The first-order valence-electron chi connectivity index (χ1n) is 9.23. The topological polar surface area (TPSA) is 67.4 Å². The van der Waals surface area contributed by atoms with E-state index in [1.807, 2.05) is 36.4 Å². The Morgan fingerprint density at radius 2 is 1.46 bits per heavy atom. The van der Waals surface area contributed by atoms with Gasteiger partial charge in [0, 0.05) is 17.3 Å². The maximum Gasteiger partial charge on any atom is 0.259 e.